The van der Waals surface area contributed by atoms with E-state index in [0.29, 0.717) is 5.56 Å². The molecule has 0 amide bonds. The van der Waals surface area contributed by atoms with Crippen molar-refractivity contribution in [3.8, 4) is 0 Å². The average molecular weight is 389 g/mol. The molecule has 2 aromatic carbocycles. The summed E-state index contributed by atoms with van der Waals surface area (Å²) in [6.45, 7) is 3.62. The number of sulfonamides is 1. The van der Waals surface area contributed by atoms with Crippen LogP contribution in [-0.2, 0) is 25.2 Å². The molecule has 1 saturated heterocycles. The SMILES string of the molecule is CCOC(=O)C1N(S(=O)(=O)c2ccc(C)cc2)CCC1(O)c1ccccc1. The molecular weight excluding hydrogens is 366 g/mol. The van der Waals surface area contributed by atoms with E-state index in [9.17, 15) is 18.3 Å². The van der Waals surface area contributed by atoms with Gasteiger partial charge in [-0.05, 0) is 38.0 Å². The number of hydrogen-bond donors (Lipinski definition) is 1. The topological polar surface area (TPSA) is 83.9 Å². The minimum absolute atomic E-state index is 0.0189. The lowest BCUT2D eigenvalue weighted by atomic mass is 9.86. The van der Waals surface area contributed by atoms with Crippen LogP contribution in [0.5, 0.6) is 0 Å². The van der Waals surface area contributed by atoms with Gasteiger partial charge in [0.05, 0.1) is 11.5 Å². The number of carbonyl (C=O) groups is 1. The first-order valence-corrected chi connectivity index (χ1v) is 10.3. The molecule has 1 fully saturated rings. The van der Waals surface area contributed by atoms with Gasteiger partial charge in [0.2, 0.25) is 10.0 Å². The molecule has 2 aromatic rings. The van der Waals surface area contributed by atoms with Gasteiger partial charge in [0.15, 0.2) is 6.04 Å². The number of aryl methyl sites for hydroxylation is 1. The third-order valence-electron chi connectivity index (χ3n) is 4.86. The number of rotatable bonds is 5. The Balaban J connectivity index is 2.07. The highest BCUT2D eigenvalue weighted by molar-refractivity contribution is 7.89. The quantitative estimate of drug-likeness (QED) is 0.793. The maximum absolute atomic E-state index is 13.2. The molecular formula is C20H23NO5S. The van der Waals surface area contributed by atoms with Crippen LogP contribution in [0.1, 0.15) is 24.5 Å². The van der Waals surface area contributed by atoms with E-state index >= 15 is 0 Å². The van der Waals surface area contributed by atoms with Gasteiger partial charge in [-0.15, -0.1) is 0 Å². The number of hydrogen-bond acceptors (Lipinski definition) is 5. The second kappa shape index (κ2) is 7.42. The molecule has 1 aliphatic rings. The van der Waals surface area contributed by atoms with Gasteiger partial charge in [-0.3, -0.25) is 4.79 Å². The summed E-state index contributed by atoms with van der Waals surface area (Å²) in [5.74, 6) is -0.753. The molecule has 0 spiro atoms. The van der Waals surface area contributed by atoms with E-state index in [4.69, 9.17) is 4.74 Å². The zero-order chi connectivity index (χ0) is 19.7. The number of benzene rings is 2. The van der Waals surface area contributed by atoms with Gasteiger partial charge in [0.25, 0.3) is 0 Å². The molecule has 2 atom stereocenters. The molecule has 1 heterocycles. The number of esters is 1. The Morgan fingerprint density at radius 2 is 1.81 bits per heavy atom. The molecule has 6 nitrogen and oxygen atoms in total. The van der Waals surface area contributed by atoms with Crippen molar-refractivity contribution in [1.29, 1.82) is 0 Å². The van der Waals surface area contributed by atoms with Crippen molar-refractivity contribution in [3.05, 3.63) is 65.7 Å². The highest BCUT2D eigenvalue weighted by Gasteiger charge is 2.56. The van der Waals surface area contributed by atoms with Crippen molar-refractivity contribution in [2.24, 2.45) is 0 Å². The fourth-order valence-electron chi connectivity index (χ4n) is 3.45. The molecule has 0 aromatic heterocycles. The van der Waals surface area contributed by atoms with Crippen molar-refractivity contribution in [3.63, 3.8) is 0 Å². The lowest BCUT2D eigenvalue weighted by molar-refractivity contribution is -0.154. The van der Waals surface area contributed by atoms with Crippen molar-refractivity contribution < 1.29 is 23.1 Å². The van der Waals surface area contributed by atoms with Crippen LogP contribution in [0.15, 0.2) is 59.5 Å². The van der Waals surface area contributed by atoms with E-state index in [1.165, 1.54) is 12.1 Å². The molecule has 1 aliphatic heterocycles. The van der Waals surface area contributed by atoms with Crippen LogP contribution in [0.25, 0.3) is 0 Å². The van der Waals surface area contributed by atoms with Gasteiger partial charge in [0, 0.05) is 6.54 Å². The molecule has 0 bridgehead atoms. The van der Waals surface area contributed by atoms with Crippen molar-refractivity contribution in [2.75, 3.05) is 13.2 Å². The van der Waals surface area contributed by atoms with Gasteiger partial charge in [-0.1, -0.05) is 48.0 Å². The molecule has 0 saturated carbocycles. The predicted octanol–water partition coefficient (Wildman–Crippen LogP) is 2.21. The third kappa shape index (κ3) is 3.50. The fraction of sp³-hybridized carbons (Fsp3) is 0.350. The van der Waals surface area contributed by atoms with Gasteiger partial charge in [-0.2, -0.15) is 4.31 Å². The van der Waals surface area contributed by atoms with Crippen LogP contribution in [0.4, 0.5) is 0 Å². The Morgan fingerprint density at radius 1 is 1.19 bits per heavy atom. The first kappa shape index (κ1) is 19.5. The molecule has 0 aliphatic carbocycles. The maximum Gasteiger partial charge on any atom is 0.327 e. The molecule has 7 heteroatoms. The van der Waals surface area contributed by atoms with Crippen molar-refractivity contribution >= 4 is 16.0 Å². The Morgan fingerprint density at radius 3 is 2.41 bits per heavy atom. The first-order chi connectivity index (χ1) is 12.8. The maximum atomic E-state index is 13.2. The van der Waals surface area contributed by atoms with E-state index in [0.717, 1.165) is 9.87 Å². The van der Waals surface area contributed by atoms with E-state index in [1.807, 2.05) is 6.92 Å². The Labute approximate surface area is 159 Å². The smallest absolute Gasteiger partial charge is 0.327 e. The summed E-state index contributed by atoms with van der Waals surface area (Å²) in [6, 6.07) is 13.7. The lowest BCUT2D eigenvalue weighted by Gasteiger charge is -2.32. The molecule has 1 N–H and O–H groups in total. The number of nitrogens with zero attached hydrogens (tertiary/aromatic N) is 1. The summed E-state index contributed by atoms with van der Waals surface area (Å²) in [4.78, 5) is 12.8. The Bertz CT molecular complexity index is 911. The zero-order valence-corrected chi connectivity index (χ0v) is 16.1. The molecule has 2 unspecified atom stereocenters. The van der Waals surface area contributed by atoms with Gasteiger partial charge in [0.1, 0.15) is 5.60 Å². The van der Waals surface area contributed by atoms with Crippen LogP contribution in [0, 0.1) is 6.92 Å². The summed E-state index contributed by atoms with van der Waals surface area (Å²) < 4.78 is 32.6. The van der Waals surface area contributed by atoms with E-state index < -0.39 is 27.6 Å². The second-order valence-electron chi connectivity index (χ2n) is 6.62. The van der Waals surface area contributed by atoms with Gasteiger partial charge < -0.3 is 9.84 Å². The van der Waals surface area contributed by atoms with Crippen LogP contribution in [-0.4, -0.2) is 43.0 Å². The minimum atomic E-state index is -3.97. The van der Waals surface area contributed by atoms with E-state index in [2.05, 4.69) is 0 Å². The summed E-state index contributed by atoms with van der Waals surface area (Å²) in [5, 5.41) is 11.3. The second-order valence-corrected chi connectivity index (χ2v) is 8.51. The van der Waals surface area contributed by atoms with Crippen LogP contribution in [0.2, 0.25) is 0 Å². The summed E-state index contributed by atoms with van der Waals surface area (Å²) >= 11 is 0. The molecule has 0 radical (unpaired) electrons. The fourth-order valence-corrected chi connectivity index (χ4v) is 5.07. The van der Waals surface area contributed by atoms with Gasteiger partial charge >= 0.3 is 5.97 Å². The van der Waals surface area contributed by atoms with Gasteiger partial charge in [-0.25, -0.2) is 8.42 Å². The summed E-state index contributed by atoms with van der Waals surface area (Å²) in [5.41, 5.74) is -0.228. The Hall–Kier alpha value is -2.22. The van der Waals surface area contributed by atoms with Crippen LogP contribution in [0.3, 0.4) is 0 Å². The molecule has 27 heavy (non-hydrogen) atoms. The normalized spacial score (nSPS) is 23.3. The van der Waals surface area contributed by atoms with Crippen LogP contribution >= 0.6 is 0 Å². The molecule has 3 rings (SSSR count). The van der Waals surface area contributed by atoms with Crippen LogP contribution < -0.4 is 0 Å². The average Bonchev–Trinajstić information content (AvgIpc) is 3.02. The highest BCUT2D eigenvalue weighted by atomic mass is 32.2. The number of aliphatic hydroxyl groups is 1. The largest absolute Gasteiger partial charge is 0.465 e. The Kier molecular flexibility index (Phi) is 5.37. The standard InChI is InChI=1S/C20H23NO5S/c1-3-26-19(22)18-20(23,16-7-5-4-6-8-16)13-14-21(18)27(24,25)17-11-9-15(2)10-12-17/h4-12,18,23H,3,13-14H2,1-2H3. The van der Waals surface area contributed by atoms with E-state index in [1.54, 1.807) is 49.4 Å². The zero-order valence-electron chi connectivity index (χ0n) is 15.3. The summed E-state index contributed by atoms with van der Waals surface area (Å²) in [7, 11) is -3.97. The van der Waals surface area contributed by atoms with Crippen molar-refractivity contribution in [1.82, 2.24) is 4.31 Å². The van der Waals surface area contributed by atoms with Crippen molar-refractivity contribution in [2.45, 2.75) is 36.8 Å². The number of ether oxygens (including phenoxy) is 1. The molecule has 144 valence electrons. The minimum Gasteiger partial charge on any atom is -0.465 e. The van der Waals surface area contributed by atoms with E-state index in [-0.39, 0.29) is 24.5 Å². The lowest BCUT2D eigenvalue weighted by Crippen LogP contribution is -2.51. The monoisotopic (exact) mass is 389 g/mol. The number of carbonyl (C=O) groups excluding carboxylic acids is 1. The summed E-state index contributed by atoms with van der Waals surface area (Å²) in [6.07, 6.45) is 0.103. The first-order valence-electron chi connectivity index (χ1n) is 8.84. The highest BCUT2D eigenvalue weighted by Crippen LogP contribution is 2.41. The predicted molar refractivity (Wildman–Crippen MR) is 100 cm³/mol. The third-order valence-corrected chi connectivity index (χ3v) is 6.74.